The lowest BCUT2D eigenvalue weighted by molar-refractivity contribution is -0.117. The minimum Gasteiger partial charge on any atom is -0.465 e. The highest BCUT2D eigenvalue weighted by atomic mass is 16.5. The SMILES string of the molecule is COC(=O)c1cccc(C(=O)CC(N)=O)c1. The van der Waals surface area contributed by atoms with E-state index in [2.05, 4.69) is 4.74 Å². The normalized spacial score (nSPS) is 9.56. The van der Waals surface area contributed by atoms with E-state index in [0.717, 1.165) is 0 Å². The Hall–Kier alpha value is -2.17. The van der Waals surface area contributed by atoms with E-state index in [9.17, 15) is 14.4 Å². The van der Waals surface area contributed by atoms with E-state index >= 15 is 0 Å². The number of Topliss-reactive ketones (excluding diaryl/α,β-unsaturated/α-hetero) is 1. The number of nitrogens with two attached hydrogens (primary N) is 1. The van der Waals surface area contributed by atoms with Crippen LogP contribution in [-0.4, -0.2) is 24.8 Å². The van der Waals surface area contributed by atoms with Gasteiger partial charge >= 0.3 is 5.97 Å². The van der Waals surface area contributed by atoms with Crippen molar-refractivity contribution in [2.24, 2.45) is 5.73 Å². The summed E-state index contributed by atoms with van der Waals surface area (Å²) >= 11 is 0. The molecule has 84 valence electrons. The van der Waals surface area contributed by atoms with Gasteiger partial charge in [-0.1, -0.05) is 12.1 Å². The van der Waals surface area contributed by atoms with Gasteiger partial charge in [-0.25, -0.2) is 4.79 Å². The highest BCUT2D eigenvalue weighted by Gasteiger charge is 2.12. The van der Waals surface area contributed by atoms with Crippen molar-refractivity contribution in [2.45, 2.75) is 6.42 Å². The molecule has 0 fully saturated rings. The third-order valence-corrected chi connectivity index (χ3v) is 1.94. The first-order valence-corrected chi connectivity index (χ1v) is 4.54. The zero-order valence-electron chi connectivity index (χ0n) is 8.73. The monoisotopic (exact) mass is 221 g/mol. The lowest BCUT2D eigenvalue weighted by atomic mass is 10.1. The van der Waals surface area contributed by atoms with Crippen LogP contribution in [0.1, 0.15) is 27.1 Å². The molecule has 0 radical (unpaired) electrons. The van der Waals surface area contributed by atoms with Gasteiger partial charge in [0, 0.05) is 5.56 Å². The van der Waals surface area contributed by atoms with Crippen LogP contribution in [0.15, 0.2) is 24.3 Å². The largest absolute Gasteiger partial charge is 0.465 e. The summed E-state index contributed by atoms with van der Waals surface area (Å²) in [6.45, 7) is 0. The van der Waals surface area contributed by atoms with Gasteiger partial charge in [0.2, 0.25) is 5.91 Å². The number of carbonyl (C=O) groups excluding carboxylic acids is 3. The Morgan fingerprint density at radius 1 is 1.25 bits per heavy atom. The van der Waals surface area contributed by atoms with Crippen molar-refractivity contribution in [1.29, 1.82) is 0 Å². The zero-order chi connectivity index (χ0) is 12.1. The van der Waals surface area contributed by atoms with Gasteiger partial charge in [-0.05, 0) is 12.1 Å². The van der Waals surface area contributed by atoms with E-state index in [0.29, 0.717) is 0 Å². The van der Waals surface area contributed by atoms with Crippen LogP contribution in [0.4, 0.5) is 0 Å². The lowest BCUT2D eigenvalue weighted by Crippen LogP contribution is -2.16. The molecule has 0 saturated carbocycles. The van der Waals surface area contributed by atoms with Crippen molar-refractivity contribution < 1.29 is 19.1 Å². The van der Waals surface area contributed by atoms with Gasteiger partial charge in [0.15, 0.2) is 5.78 Å². The summed E-state index contributed by atoms with van der Waals surface area (Å²) in [5, 5.41) is 0. The predicted octanol–water partition coefficient (Wildman–Crippen LogP) is 0.531. The average Bonchev–Trinajstić information content (AvgIpc) is 2.27. The topological polar surface area (TPSA) is 86.5 Å². The first kappa shape index (κ1) is 11.9. The number of hydrogen-bond donors (Lipinski definition) is 1. The van der Waals surface area contributed by atoms with Gasteiger partial charge in [-0.2, -0.15) is 0 Å². The molecule has 0 aliphatic rings. The summed E-state index contributed by atoms with van der Waals surface area (Å²) in [6.07, 6.45) is -0.370. The standard InChI is InChI=1S/C11H11NO4/c1-16-11(15)8-4-2-3-7(5-8)9(13)6-10(12)14/h2-5H,6H2,1H3,(H2,12,14). The molecule has 5 nitrogen and oxygen atoms in total. The van der Waals surface area contributed by atoms with Crippen molar-refractivity contribution in [3.8, 4) is 0 Å². The number of amides is 1. The number of benzene rings is 1. The maximum absolute atomic E-state index is 11.5. The molecule has 1 aromatic carbocycles. The Morgan fingerprint density at radius 3 is 2.44 bits per heavy atom. The second kappa shape index (κ2) is 5.06. The van der Waals surface area contributed by atoms with E-state index in [1.165, 1.54) is 25.3 Å². The molecule has 0 atom stereocenters. The van der Waals surface area contributed by atoms with Crippen LogP contribution in [0.3, 0.4) is 0 Å². The van der Waals surface area contributed by atoms with Crippen LogP contribution in [-0.2, 0) is 9.53 Å². The van der Waals surface area contributed by atoms with Gasteiger partial charge in [0.25, 0.3) is 0 Å². The number of esters is 1. The zero-order valence-corrected chi connectivity index (χ0v) is 8.73. The van der Waals surface area contributed by atoms with E-state index < -0.39 is 17.7 Å². The van der Waals surface area contributed by atoms with Gasteiger partial charge < -0.3 is 10.5 Å². The summed E-state index contributed by atoms with van der Waals surface area (Å²) in [5.41, 5.74) is 5.43. The minimum absolute atomic E-state index is 0.262. The number of ketones is 1. The molecular formula is C11H11NO4. The number of ether oxygens (including phenoxy) is 1. The summed E-state index contributed by atoms with van der Waals surface area (Å²) in [7, 11) is 1.25. The van der Waals surface area contributed by atoms with E-state index in [4.69, 9.17) is 5.73 Å². The van der Waals surface area contributed by atoms with E-state index in [1.54, 1.807) is 6.07 Å². The lowest BCUT2D eigenvalue weighted by Gasteiger charge is -2.02. The molecule has 0 spiro atoms. The van der Waals surface area contributed by atoms with E-state index in [1.807, 2.05) is 0 Å². The van der Waals surface area contributed by atoms with Crippen LogP contribution in [0, 0.1) is 0 Å². The van der Waals surface area contributed by atoms with Crippen molar-refractivity contribution in [2.75, 3.05) is 7.11 Å². The second-order valence-electron chi connectivity index (χ2n) is 3.14. The number of rotatable bonds is 4. The van der Waals surface area contributed by atoms with Crippen LogP contribution in [0.25, 0.3) is 0 Å². The summed E-state index contributed by atoms with van der Waals surface area (Å²) in [6, 6.07) is 5.95. The van der Waals surface area contributed by atoms with Crippen LogP contribution < -0.4 is 5.73 Å². The Bertz CT molecular complexity index is 439. The Balaban J connectivity index is 2.94. The average molecular weight is 221 g/mol. The molecule has 0 aromatic heterocycles. The third-order valence-electron chi connectivity index (χ3n) is 1.94. The van der Waals surface area contributed by atoms with Crippen molar-refractivity contribution in [3.05, 3.63) is 35.4 Å². The van der Waals surface area contributed by atoms with Gasteiger partial charge in [0.05, 0.1) is 19.1 Å². The molecule has 0 aliphatic carbocycles. The molecule has 0 aliphatic heterocycles. The van der Waals surface area contributed by atoms with Crippen molar-refractivity contribution >= 4 is 17.7 Å². The first-order valence-electron chi connectivity index (χ1n) is 4.54. The van der Waals surface area contributed by atoms with E-state index in [-0.39, 0.29) is 17.5 Å². The summed E-state index contributed by atoms with van der Waals surface area (Å²) in [4.78, 5) is 33.2. The molecule has 0 saturated heterocycles. The van der Waals surface area contributed by atoms with Gasteiger partial charge in [0.1, 0.15) is 0 Å². The minimum atomic E-state index is -0.700. The molecule has 0 heterocycles. The molecule has 2 N–H and O–H groups in total. The summed E-state index contributed by atoms with van der Waals surface area (Å²) < 4.78 is 4.51. The molecule has 1 aromatic rings. The predicted molar refractivity (Wildman–Crippen MR) is 55.9 cm³/mol. The maximum atomic E-state index is 11.5. The fourth-order valence-electron chi connectivity index (χ4n) is 1.20. The van der Waals surface area contributed by atoms with Gasteiger partial charge in [-0.3, -0.25) is 9.59 Å². The number of primary amides is 1. The molecule has 0 bridgehead atoms. The highest BCUT2D eigenvalue weighted by Crippen LogP contribution is 2.08. The van der Waals surface area contributed by atoms with Crippen molar-refractivity contribution in [3.63, 3.8) is 0 Å². The fourth-order valence-corrected chi connectivity index (χ4v) is 1.20. The number of methoxy groups -OCH3 is 1. The Labute approximate surface area is 92.2 Å². The van der Waals surface area contributed by atoms with Crippen molar-refractivity contribution in [1.82, 2.24) is 0 Å². The number of hydrogen-bond acceptors (Lipinski definition) is 4. The third kappa shape index (κ3) is 2.91. The van der Waals surface area contributed by atoms with Crippen LogP contribution >= 0.6 is 0 Å². The molecule has 16 heavy (non-hydrogen) atoms. The van der Waals surface area contributed by atoms with Crippen LogP contribution in [0.2, 0.25) is 0 Å². The molecule has 1 rings (SSSR count). The Kier molecular flexibility index (Phi) is 3.77. The summed E-state index contributed by atoms with van der Waals surface area (Å²) in [5.74, 6) is -1.65. The number of carbonyl (C=O) groups is 3. The van der Waals surface area contributed by atoms with Gasteiger partial charge in [-0.15, -0.1) is 0 Å². The molecule has 5 heteroatoms. The molecule has 0 unspecified atom stereocenters. The first-order chi connectivity index (χ1) is 7.54. The second-order valence-corrected chi connectivity index (χ2v) is 3.14. The smallest absolute Gasteiger partial charge is 0.337 e. The molecule has 1 amide bonds. The molecular weight excluding hydrogens is 210 g/mol. The maximum Gasteiger partial charge on any atom is 0.337 e. The fraction of sp³-hybridized carbons (Fsp3) is 0.182. The highest BCUT2D eigenvalue weighted by molar-refractivity contribution is 6.07. The van der Waals surface area contributed by atoms with Crippen LogP contribution in [0.5, 0.6) is 0 Å². The Morgan fingerprint density at radius 2 is 1.88 bits per heavy atom. The quantitative estimate of drug-likeness (QED) is 0.456.